The van der Waals surface area contributed by atoms with Crippen LogP contribution in [0.15, 0.2) is 23.1 Å². The summed E-state index contributed by atoms with van der Waals surface area (Å²) in [5, 5.41) is 2.72. The van der Waals surface area contributed by atoms with Crippen LogP contribution in [0.2, 0.25) is 0 Å². The molecule has 0 atom stereocenters. The quantitative estimate of drug-likeness (QED) is 0.475. The van der Waals surface area contributed by atoms with E-state index >= 15 is 0 Å². The first-order chi connectivity index (χ1) is 13.1. The second kappa shape index (κ2) is 6.94. The summed E-state index contributed by atoms with van der Waals surface area (Å²) in [5.74, 6) is 0.190. The van der Waals surface area contributed by atoms with Gasteiger partial charge in [-0.25, -0.2) is 9.78 Å². The van der Waals surface area contributed by atoms with Gasteiger partial charge in [-0.05, 0) is 12.0 Å². The van der Waals surface area contributed by atoms with Crippen molar-refractivity contribution in [3.05, 3.63) is 34.4 Å². The van der Waals surface area contributed by atoms with Gasteiger partial charge in [0.15, 0.2) is 18.1 Å². The van der Waals surface area contributed by atoms with Crippen LogP contribution in [0.1, 0.15) is 12.0 Å². The average Bonchev–Trinajstić information content (AvgIpc) is 2.97. The minimum absolute atomic E-state index is 0.0696. The molecule has 2 aliphatic rings. The van der Waals surface area contributed by atoms with E-state index in [0.717, 1.165) is 5.56 Å². The molecular formula is C16H17N7O4. The van der Waals surface area contributed by atoms with Crippen molar-refractivity contribution in [1.82, 2.24) is 29.8 Å². The minimum Gasteiger partial charge on any atom is -0.468 e. The molecular weight excluding hydrogens is 354 g/mol. The number of hydrogen-bond donors (Lipinski definition) is 3. The Hall–Kier alpha value is -3.63. The number of amides is 1. The van der Waals surface area contributed by atoms with Gasteiger partial charge in [0.2, 0.25) is 5.88 Å². The van der Waals surface area contributed by atoms with Crippen molar-refractivity contribution >= 4 is 22.9 Å². The Morgan fingerprint density at radius 3 is 2.89 bits per heavy atom. The number of nitrogen functional groups attached to an aromatic ring is 1. The molecule has 4 N–H and O–H groups in total. The van der Waals surface area contributed by atoms with Crippen LogP contribution in [0.3, 0.4) is 0 Å². The first kappa shape index (κ1) is 16.8. The van der Waals surface area contributed by atoms with Crippen molar-refractivity contribution in [2.75, 3.05) is 25.5 Å². The van der Waals surface area contributed by atoms with E-state index in [9.17, 15) is 9.59 Å². The average molecular weight is 371 g/mol. The summed E-state index contributed by atoms with van der Waals surface area (Å²) < 4.78 is 12.3. The van der Waals surface area contributed by atoms with E-state index in [1.807, 2.05) is 0 Å². The number of nitrogens with zero attached hydrogens (tertiary/aromatic N) is 4. The first-order valence-corrected chi connectivity index (χ1v) is 8.33. The van der Waals surface area contributed by atoms with E-state index in [1.54, 1.807) is 18.3 Å². The number of carbonyl (C=O) groups is 1. The van der Waals surface area contributed by atoms with E-state index in [4.69, 9.17) is 15.2 Å². The number of hydrogen-bond acceptors (Lipinski definition) is 8. The van der Waals surface area contributed by atoms with E-state index in [0.29, 0.717) is 30.0 Å². The van der Waals surface area contributed by atoms with Crippen molar-refractivity contribution in [2.24, 2.45) is 0 Å². The van der Waals surface area contributed by atoms with Crippen molar-refractivity contribution in [3.8, 4) is 11.9 Å². The fraction of sp³-hybridized carbons (Fsp3) is 0.312. The van der Waals surface area contributed by atoms with Crippen LogP contribution in [0.25, 0.3) is 11.2 Å². The van der Waals surface area contributed by atoms with Crippen LogP contribution in [-0.2, 0) is 11.3 Å². The van der Waals surface area contributed by atoms with Crippen molar-refractivity contribution in [3.63, 3.8) is 0 Å². The summed E-state index contributed by atoms with van der Waals surface area (Å²) in [6, 6.07) is 3.46. The molecule has 5 heterocycles. The number of nitrogens with one attached hydrogen (secondary N) is 2. The van der Waals surface area contributed by atoms with Crippen molar-refractivity contribution in [2.45, 2.75) is 13.0 Å². The first-order valence-electron chi connectivity index (χ1n) is 8.33. The smallest absolute Gasteiger partial charge is 0.328 e. The summed E-state index contributed by atoms with van der Waals surface area (Å²) >= 11 is 0. The second-order valence-corrected chi connectivity index (χ2v) is 5.95. The van der Waals surface area contributed by atoms with Gasteiger partial charge in [0, 0.05) is 18.8 Å². The topological polar surface area (TPSA) is 150 Å². The zero-order chi connectivity index (χ0) is 18.8. The fourth-order valence-electron chi connectivity index (χ4n) is 2.67. The molecule has 3 aromatic heterocycles. The highest BCUT2D eigenvalue weighted by molar-refractivity contribution is 5.82. The lowest BCUT2D eigenvalue weighted by atomic mass is 10.3. The van der Waals surface area contributed by atoms with Crippen LogP contribution < -0.4 is 26.2 Å². The Kier molecular flexibility index (Phi) is 4.32. The normalized spacial score (nSPS) is 15.2. The van der Waals surface area contributed by atoms with Crippen molar-refractivity contribution in [1.29, 1.82) is 0 Å². The van der Waals surface area contributed by atoms with Crippen LogP contribution in [0, 0.1) is 0 Å². The van der Waals surface area contributed by atoms with Gasteiger partial charge in [-0.1, -0.05) is 6.07 Å². The monoisotopic (exact) mass is 371 g/mol. The molecule has 3 aromatic rings. The lowest BCUT2D eigenvalue weighted by Gasteiger charge is -2.07. The third kappa shape index (κ3) is 3.52. The van der Waals surface area contributed by atoms with Gasteiger partial charge in [-0.3, -0.25) is 9.36 Å². The number of rotatable bonds is 0. The van der Waals surface area contributed by atoms with E-state index in [2.05, 4.69) is 25.3 Å². The number of anilines is 1. The standard InChI is InChI=1S/C16H17N7O4/c17-13-12-14-22-15(21-13)26-5-1-4-18-10(24)8-27-11-3-2-9(6-19-11)7-23(14)16(25)20-12/h2-3,6H,1,4-5,7-8H2,(H,18,24)(H,20,25)(H2,17,21,22). The number of fused-ring (bicyclic) bond motifs is 9. The van der Waals surface area contributed by atoms with Crippen LogP contribution in [-0.4, -0.2) is 50.2 Å². The molecule has 0 saturated carbocycles. The summed E-state index contributed by atoms with van der Waals surface area (Å²) in [6.45, 7) is 0.773. The number of pyridine rings is 1. The number of imidazole rings is 1. The molecule has 0 aromatic carbocycles. The lowest BCUT2D eigenvalue weighted by Crippen LogP contribution is -2.30. The summed E-state index contributed by atoms with van der Waals surface area (Å²) in [4.78, 5) is 39.3. The van der Waals surface area contributed by atoms with E-state index < -0.39 is 0 Å². The summed E-state index contributed by atoms with van der Waals surface area (Å²) in [6.07, 6.45) is 2.11. The van der Waals surface area contributed by atoms with Crippen molar-refractivity contribution < 1.29 is 14.3 Å². The largest absolute Gasteiger partial charge is 0.468 e. The van der Waals surface area contributed by atoms with Gasteiger partial charge in [0.05, 0.1) is 13.2 Å². The second-order valence-electron chi connectivity index (χ2n) is 5.95. The third-order valence-electron chi connectivity index (χ3n) is 3.99. The number of H-pyrrole nitrogens is 1. The maximum absolute atomic E-state index is 12.3. The Bertz CT molecular complexity index is 1040. The van der Waals surface area contributed by atoms with Gasteiger partial charge >= 0.3 is 11.7 Å². The van der Waals surface area contributed by atoms with Crippen LogP contribution in [0.4, 0.5) is 5.82 Å². The van der Waals surface area contributed by atoms with Gasteiger partial charge < -0.3 is 25.5 Å². The molecule has 11 nitrogen and oxygen atoms in total. The molecule has 0 radical (unpaired) electrons. The number of aromatic amines is 1. The van der Waals surface area contributed by atoms with E-state index in [1.165, 1.54) is 4.57 Å². The number of ether oxygens (including phenoxy) is 2. The van der Waals surface area contributed by atoms with Crippen LogP contribution in [0.5, 0.6) is 11.9 Å². The maximum atomic E-state index is 12.3. The molecule has 0 fully saturated rings. The fourth-order valence-corrected chi connectivity index (χ4v) is 2.67. The highest BCUT2D eigenvalue weighted by Crippen LogP contribution is 2.19. The molecule has 5 rings (SSSR count). The Labute approximate surface area is 152 Å². The molecule has 0 unspecified atom stereocenters. The van der Waals surface area contributed by atoms with Gasteiger partial charge in [0.1, 0.15) is 5.52 Å². The molecule has 0 spiro atoms. The zero-order valence-electron chi connectivity index (χ0n) is 14.3. The lowest BCUT2D eigenvalue weighted by molar-refractivity contribution is -0.123. The number of nitrogens with two attached hydrogens (primary N) is 1. The molecule has 1 amide bonds. The molecule has 11 heteroatoms. The Balaban J connectivity index is 1.74. The SMILES string of the molecule is Nc1nc2nc3c1[nH]c(=O)n3Cc1ccc(nc1)OCC(=O)NCCCO2. The highest BCUT2D eigenvalue weighted by atomic mass is 16.5. The van der Waals surface area contributed by atoms with Gasteiger partial charge in [-0.2, -0.15) is 9.97 Å². The third-order valence-corrected chi connectivity index (χ3v) is 3.99. The number of aromatic nitrogens is 5. The maximum Gasteiger partial charge on any atom is 0.328 e. The minimum atomic E-state index is -0.365. The predicted molar refractivity (Wildman–Crippen MR) is 94.5 cm³/mol. The molecule has 140 valence electrons. The Morgan fingerprint density at radius 2 is 2.07 bits per heavy atom. The molecule has 4 bridgehead atoms. The molecule has 27 heavy (non-hydrogen) atoms. The summed E-state index contributed by atoms with van der Waals surface area (Å²) in [7, 11) is 0. The van der Waals surface area contributed by atoms with E-state index in [-0.39, 0.29) is 43.2 Å². The van der Waals surface area contributed by atoms with Crippen LogP contribution >= 0.6 is 0 Å². The predicted octanol–water partition coefficient (Wildman–Crippen LogP) is -0.577. The Morgan fingerprint density at radius 1 is 1.19 bits per heavy atom. The summed E-state index contributed by atoms with van der Waals surface area (Å²) in [5.41, 5.74) is 7.01. The van der Waals surface area contributed by atoms with Gasteiger partial charge in [-0.15, -0.1) is 0 Å². The van der Waals surface area contributed by atoms with Gasteiger partial charge in [0.25, 0.3) is 5.91 Å². The number of carbonyl (C=O) groups excluding carboxylic acids is 1. The molecule has 2 aliphatic heterocycles. The molecule has 0 saturated heterocycles. The molecule has 0 aliphatic carbocycles. The highest BCUT2D eigenvalue weighted by Gasteiger charge is 2.15. The zero-order valence-corrected chi connectivity index (χ0v) is 14.3.